The lowest BCUT2D eigenvalue weighted by molar-refractivity contribution is -0.138. The van der Waals surface area contributed by atoms with Gasteiger partial charge in [0.1, 0.15) is 0 Å². The molecule has 0 aromatic heterocycles. The molecule has 4 aromatic rings. The Morgan fingerprint density at radius 1 is 0.610 bits per heavy atom. The highest BCUT2D eigenvalue weighted by atomic mass is 16.2. The number of imide groups is 2. The van der Waals surface area contributed by atoms with Gasteiger partial charge >= 0.3 is 0 Å². The minimum atomic E-state index is -1.48. The summed E-state index contributed by atoms with van der Waals surface area (Å²) in [5, 5.41) is 0. The Hall–Kier alpha value is -4.84. The lowest BCUT2D eigenvalue weighted by Gasteiger charge is -2.43. The zero-order valence-electron chi connectivity index (χ0n) is 22.8. The van der Waals surface area contributed by atoms with Crippen LogP contribution in [0.25, 0.3) is 0 Å². The van der Waals surface area contributed by atoms with Crippen molar-refractivity contribution in [3.05, 3.63) is 131 Å². The number of carbonyl (C=O) groups is 4. The normalized spacial score (nSPS) is 24.9. The number of fused-ring (bicyclic) bond motifs is 6. The van der Waals surface area contributed by atoms with Crippen LogP contribution in [0.15, 0.2) is 103 Å². The molecule has 6 nitrogen and oxygen atoms in total. The number of hydrogen-bond donors (Lipinski definition) is 0. The number of rotatable bonds is 4. The number of hydrogen-bond acceptors (Lipinski definition) is 4. The second-order valence-electron chi connectivity index (χ2n) is 11.4. The highest BCUT2D eigenvalue weighted by Crippen LogP contribution is 2.63. The number of benzene rings is 4. The molecule has 2 aliphatic heterocycles. The van der Waals surface area contributed by atoms with Crippen LogP contribution in [0.2, 0.25) is 0 Å². The Bertz CT molecular complexity index is 1730. The highest BCUT2D eigenvalue weighted by molar-refractivity contribution is 6.31. The molecule has 1 aliphatic carbocycles. The van der Waals surface area contributed by atoms with Gasteiger partial charge in [0.05, 0.1) is 34.5 Å². The first-order valence-electron chi connectivity index (χ1n) is 13.9. The molecule has 0 unspecified atom stereocenters. The topological polar surface area (TPSA) is 74.8 Å². The molecule has 202 valence electrons. The largest absolute Gasteiger partial charge is 0.274 e. The monoisotopic (exact) mass is 540 g/mol. The maximum absolute atomic E-state index is 14.9. The van der Waals surface area contributed by atoms with Crippen LogP contribution in [0.1, 0.15) is 39.7 Å². The van der Waals surface area contributed by atoms with E-state index in [4.69, 9.17) is 0 Å². The summed E-state index contributed by atoms with van der Waals surface area (Å²) in [5.74, 6) is -4.44. The average molecular weight is 541 g/mol. The molecular weight excluding hydrogens is 512 g/mol. The third kappa shape index (κ3) is 3.50. The molecular formula is C35H28N2O4. The van der Waals surface area contributed by atoms with Gasteiger partial charge in [0.15, 0.2) is 0 Å². The molecule has 4 aromatic carbocycles. The zero-order valence-corrected chi connectivity index (χ0v) is 22.8. The van der Waals surface area contributed by atoms with Crippen LogP contribution in [-0.2, 0) is 25.6 Å². The van der Waals surface area contributed by atoms with Crippen molar-refractivity contribution in [3.63, 3.8) is 0 Å². The second kappa shape index (κ2) is 9.10. The van der Waals surface area contributed by atoms with Crippen LogP contribution in [0.3, 0.4) is 0 Å². The fourth-order valence-corrected chi connectivity index (χ4v) is 7.22. The third-order valence-electron chi connectivity index (χ3n) is 8.98. The van der Waals surface area contributed by atoms with Crippen LogP contribution in [0.4, 0.5) is 11.4 Å². The van der Waals surface area contributed by atoms with Crippen molar-refractivity contribution in [2.75, 3.05) is 9.80 Å². The maximum atomic E-state index is 14.9. The molecule has 0 spiro atoms. The highest BCUT2D eigenvalue weighted by Gasteiger charge is 2.73. The van der Waals surface area contributed by atoms with E-state index in [1.54, 1.807) is 48.5 Å². The van der Waals surface area contributed by atoms with Gasteiger partial charge in [-0.25, -0.2) is 9.80 Å². The van der Waals surface area contributed by atoms with E-state index in [0.29, 0.717) is 22.5 Å². The summed E-state index contributed by atoms with van der Waals surface area (Å²) in [5.41, 5.74) is 3.57. The van der Waals surface area contributed by atoms with Gasteiger partial charge in [0, 0.05) is 0 Å². The molecule has 0 radical (unpaired) electrons. The minimum Gasteiger partial charge on any atom is -0.274 e. The van der Waals surface area contributed by atoms with E-state index in [0.717, 1.165) is 16.7 Å². The van der Waals surface area contributed by atoms with E-state index >= 15 is 0 Å². The minimum absolute atomic E-state index is 0.155. The van der Waals surface area contributed by atoms with Gasteiger partial charge in [0.2, 0.25) is 23.6 Å². The van der Waals surface area contributed by atoms with Crippen molar-refractivity contribution in [2.24, 2.45) is 11.3 Å². The molecule has 4 amide bonds. The average Bonchev–Trinajstić information content (AvgIpc) is 3.37. The molecule has 4 atom stereocenters. The number of para-hydroxylation sites is 2. The van der Waals surface area contributed by atoms with Crippen molar-refractivity contribution in [2.45, 2.75) is 32.1 Å². The number of nitrogens with zero attached hydrogens (tertiary/aromatic N) is 2. The van der Waals surface area contributed by atoms with Gasteiger partial charge < -0.3 is 0 Å². The summed E-state index contributed by atoms with van der Waals surface area (Å²) < 4.78 is 0. The van der Waals surface area contributed by atoms with Gasteiger partial charge in [-0.1, -0.05) is 90.0 Å². The molecule has 2 saturated heterocycles. The molecule has 3 aliphatic rings. The molecule has 6 heteroatoms. The van der Waals surface area contributed by atoms with E-state index in [1.807, 2.05) is 68.4 Å². The standard InChI is InChI=1S/C35H28N2O4/c1-21-13-16-23(17-14-21)20-35-29(32(39)37(34(35)41)25-11-7-4-8-12-25)27-19-22(2)15-18-26(27)28-30(35)33(40)36(31(28)38)24-9-5-3-6-10-24/h3-19,28-30H,20H2,1-2H3/t28-,29+,30-,35+/m1/s1. The lowest BCUT2D eigenvalue weighted by Crippen LogP contribution is -2.51. The lowest BCUT2D eigenvalue weighted by atomic mass is 9.54. The van der Waals surface area contributed by atoms with Gasteiger partial charge in [-0.3, -0.25) is 19.2 Å². The SMILES string of the molecule is Cc1ccc(C[C@]23C(=O)N(c4ccccc4)C(=O)[C@@H]2c2cc(C)ccc2[C@H]2C(=O)N(c4ccccc4)C(=O)[C@@H]23)cc1. The van der Waals surface area contributed by atoms with Gasteiger partial charge in [-0.05, 0) is 61.2 Å². The van der Waals surface area contributed by atoms with Crippen molar-refractivity contribution < 1.29 is 19.2 Å². The Morgan fingerprint density at radius 3 is 1.83 bits per heavy atom. The Kier molecular flexibility index (Phi) is 5.58. The number of amides is 4. The summed E-state index contributed by atoms with van der Waals surface area (Å²) in [7, 11) is 0. The van der Waals surface area contributed by atoms with E-state index < -0.39 is 35.0 Å². The van der Waals surface area contributed by atoms with Crippen LogP contribution in [0.5, 0.6) is 0 Å². The summed E-state index contributed by atoms with van der Waals surface area (Å²) in [6.07, 6.45) is 0.155. The quantitative estimate of drug-likeness (QED) is 0.322. The number of anilines is 2. The van der Waals surface area contributed by atoms with Crippen molar-refractivity contribution >= 4 is 35.0 Å². The Labute approximate surface area is 238 Å². The van der Waals surface area contributed by atoms with Crippen LogP contribution >= 0.6 is 0 Å². The van der Waals surface area contributed by atoms with E-state index in [-0.39, 0.29) is 18.2 Å². The molecule has 41 heavy (non-hydrogen) atoms. The fourth-order valence-electron chi connectivity index (χ4n) is 7.22. The molecule has 0 saturated carbocycles. The van der Waals surface area contributed by atoms with Crippen LogP contribution in [0, 0.1) is 25.2 Å². The second-order valence-corrected chi connectivity index (χ2v) is 11.4. The van der Waals surface area contributed by atoms with E-state index in [9.17, 15) is 19.2 Å². The first-order chi connectivity index (χ1) is 19.8. The Balaban J connectivity index is 1.52. The predicted molar refractivity (Wildman–Crippen MR) is 155 cm³/mol. The fraction of sp³-hybridized carbons (Fsp3) is 0.200. The molecule has 0 bridgehead atoms. The van der Waals surface area contributed by atoms with Crippen molar-refractivity contribution in [1.29, 1.82) is 0 Å². The van der Waals surface area contributed by atoms with Crippen molar-refractivity contribution in [3.8, 4) is 0 Å². The van der Waals surface area contributed by atoms with Crippen LogP contribution in [-0.4, -0.2) is 23.6 Å². The van der Waals surface area contributed by atoms with Crippen LogP contribution < -0.4 is 9.80 Å². The van der Waals surface area contributed by atoms with Gasteiger partial charge in [-0.15, -0.1) is 0 Å². The third-order valence-corrected chi connectivity index (χ3v) is 8.98. The Morgan fingerprint density at radius 2 is 1.20 bits per heavy atom. The molecule has 7 rings (SSSR count). The maximum Gasteiger partial charge on any atom is 0.242 e. The molecule has 2 heterocycles. The number of carbonyl (C=O) groups excluding carboxylic acids is 4. The first kappa shape index (κ1) is 25.1. The summed E-state index contributed by atoms with van der Waals surface area (Å²) in [4.78, 5) is 60.7. The number of aryl methyl sites for hydroxylation is 2. The van der Waals surface area contributed by atoms with Gasteiger partial charge in [0.25, 0.3) is 0 Å². The summed E-state index contributed by atoms with van der Waals surface area (Å²) in [6.45, 7) is 3.92. The first-order valence-corrected chi connectivity index (χ1v) is 13.9. The van der Waals surface area contributed by atoms with E-state index in [1.165, 1.54) is 9.80 Å². The smallest absolute Gasteiger partial charge is 0.242 e. The molecule has 2 fully saturated rings. The van der Waals surface area contributed by atoms with E-state index in [2.05, 4.69) is 0 Å². The van der Waals surface area contributed by atoms with Gasteiger partial charge in [-0.2, -0.15) is 0 Å². The van der Waals surface area contributed by atoms with Crippen molar-refractivity contribution in [1.82, 2.24) is 0 Å². The summed E-state index contributed by atoms with van der Waals surface area (Å²) >= 11 is 0. The zero-order chi connectivity index (χ0) is 28.5. The molecule has 0 N–H and O–H groups in total. The summed E-state index contributed by atoms with van der Waals surface area (Å²) in [6, 6.07) is 31.2. The predicted octanol–water partition coefficient (Wildman–Crippen LogP) is 5.48.